The van der Waals surface area contributed by atoms with Crippen LogP contribution in [-0.2, 0) is 4.74 Å². The average molecular weight is 256 g/mol. The Labute approximate surface area is 105 Å². The van der Waals surface area contributed by atoms with Crippen LogP contribution in [0.2, 0.25) is 0 Å². The number of halogens is 2. The van der Waals surface area contributed by atoms with E-state index in [0.29, 0.717) is 5.92 Å². The Morgan fingerprint density at radius 1 is 1.33 bits per heavy atom. The lowest BCUT2D eigenvalue weighted by atomic mass is 9.97. The minimum atomic E-state index is -0.847. The predicted molar refractivity (Wildman–Crippen MR) is 64.7 cm³/mol. The van der Waals surface area contributed by atoms with Gasteiger partial charge < -0.3 is 4.74 Å². The molecule has 3 N–H and O–H groups in total. The van der Waals surface area contributed by atoms with Crippen molar-refractivity contribution in [1.82, 2.24) is 5.43 Å². The molecule has 0 heterocycles. The first kappa shape index (κ1) is 13.4. The first-order valence-corrected chi connectivity index (χ1v) is 6.03. The largest absolute Gasteiger partial charge is 0.379 e. The van der Waals surface area contributed by atoms with E-state index in [4.69, 9.17) is 10.6 Å². The highest BCUT2D eigenvalue weighted by atomic mass is 19.2. The maximum atomic E-state index is 14.0. The number of hydrogen-bond acceptors (Lipinski definition) is 3. The summed E-state index contributed by atoms with van der Waals surface area (Å²) in [4.78, 5) is 0. The van der Waals surface area contributed by atoms with Gasteiger partial charge in [0.2, 0.25) is 0 Å². The van der Waals surface area contributed by atoms with Crippen molar-refractivity contribution in [3.63, 3.8) is 0 Å². The van der Waals surface area contributed by atoms with Crippen LogP contribution in [0.5, 0.6) is 0 Å². The van der Waals surface area contributed by atoms with Crippen LogP contribution in [0.15, 0.2) is 12.1 Å². The van der Waals surface area contributed by atoms with Crippen LogP contribution < -0.4 is 11.3 Å². The summed E-state index contributed by atoms with van der Waals surface area (Å²) in [6.45, 7) is 1.53. The molecule has 1 aromatic rings. The molecule has 1 fully saturated rings. The number of hydrogen-bond donors (Lipinski definition) is 2. The minimum Gasteiger partial charge on any atom is -0.379 e. The van der Waals surface area contributed by atoms with E-state index < -0.39 is 17.7 Å². The highest BCUT2D eigenvalue weighted by molar-refractivity contribution is 5.29. The smallest absolute Gasteiger partial charge is 0.164 e. The Balaban J connectivity index is 2.34. The number of aryl methyl sites for hydroxylation is 1. The van der Waals surface area contributed by atoms with Gasteiger partial charge in [0.05, 0.1) is 12.1 Å². The molecule has 18 heavy (non-hydrogen) atoms. The SMILES string of the molecule is COC(C1CC1)C(NN)c1ccc(C)c(F)c1F. The minimum absolute atomic E-state index is 0.222. The highest BCUT2D eigenvalue weighted by Crippen LogP contribution is 2.40. The molecule has 2 unspecified atom stereocenters. The van der Waals surface area contributed by atoms with Gasteiger partial charge in [-0.1, -0.05) is 12.1 Å². The quantitative estimate of drug-likeness (QED) is 0.627. The van der Waals surface area contributed by atoms with E-state index in [-0.39, 0.29) is 17.2 Å². The molecule has 2 rings (SSSR count). The van der Waals surface area contributed by atoms with Gasteiger partial charge >= 0.3 is 0 Å². The standard InChI is InChI=1S/C13H18F2N2O/c1-7-3-6-9(11(15)10(7)14)12(17-16)13(18-2)8-4-5-8/h3,6,8,12-13,17H,4-5,16H2,1-2H3. The molecule has 1 aliphatic carbocycles. The maximum absolute atomic E-state index is 14.0. The number of nitrogens with two attached hydrogens (primary N) is 1. The van der Waals surface area contributed by atoms with Gasteiger partial charge in [-0.15, -0.1) is 0 Å². The van der Waals surface area contributed by atoms with Crippen molar-refractivity contribution in [1.29, 1.82) is 0 Å². The van der Waals surface area contributed by atoms with Crippen molar-refractivity contribution in [3.8, 4) is 0 Å². The summed E-state index contributed by atoms with van der Waals surface area (Å²) < 4.78 is 32.9. The normalized spacial score (nSPS) is 18.7. The van der Waals surface area contributed by atoms with Crippen LogP contribution in [0.25, 0.3) is 0 Å². The zero-order valence-electron chi connectivity index (χ0n) is 10.5. The first-order chi connectivity index (χ1) is 8.60. The molecule has 0 aromatic heterocycles. The second-order valence-electron chi connectivity index (χ2n) is 4.78. The van der Waals surface area contributed by atoms with E-state index in [9.17, 15) is 8.78 Å². The van der Waals surface area contributed by atoms with Crippen LogP contribution >= 0.6 is 0 Å². The van der Waals surface area contributed by atoms with E-state index >= 15 is 0 Å². The lowest BCUT2D eigenvalue weighted by Gasteiger charge is -2.26. The van der Waals surface area contributed by atoms with E-state index in [1.165, 1.54) is 6.92 Å². The molecule has 0 saturated heterocycles. The molecule has 2 atom stereocenters. The molecule has 3 nitrogen and oxygen atoms in total. The van der Waals surface area contributed by atoms with E-state index in [0.717, 1.165) is 12.8 Å². The molecule has 0 spiro atoms. The van der Waals surface area contributed by atoms with Crippen molar-refractivity contribution in [3.05, 3.63) is 34.9 Å². The summed E-state index contributed by atoms with van der Waals surface area (Å²) >= 11 is 0. The van der Waals surface area contributed by atoms with E-state index in [2.05, 4.69) is 5.43 Å². The summed E-state index contributed by atoms with van der Waals surface area (Å²) in [6, 6.07) is 2.59. The summed E-state index contributed by atoms with van der Waals surface area (Å²) in [5.41, 5.74) is 3.05. The number of methoxy groups -OCH3 is 1. The molecule has 1 aliphatic rings. The van der Waals surface area contributed by atoms with Crippen LogP contribution in [0.4, 0.5) is 8.78 Å². The second kappa shape index (κ2) is 5.30. The van der Waals surface area contributed by atoms with Crippen molar-refractivity contribution in [2.24, 2.45) is 11.8 Å². The van der Waals surface area contributed by atoms with Gasteiger partial charge in [-0.3, -0.25) is 11.3 Å². The third kappa shape index (κ3) is 2.39. The second-order valence-corrected chi connectivity index (χ2v) is 4.78. The van der Waals surface area contributed by atoms with Gasteiger partial charge in [-0.2, -0.15) is 0 Å². The zero-order chi connectivity index (χ0) is 13.3. The Kier molecular flexibility index (Phi) is 3.94. The molecule has 1 aromatic carbocycles. The third-order valence-electron chi connectivity index (χ3n) is 3.51. The van der Waals surface area contributed by atoms with Crippen molar-refractivity contribution in [2.75, 3.05) is 7.11 Å². The monoisotopic (exact) mass is 256 g/mol. The van der Waals surface area contributed by atoms with Crippen molar-refractivity contribution < 1.29 is 13.5 Å². The number of benzene rings is 1. The molecule has 0 bridgehead atoms. The Bertz CT molecular complexity index is 435. The molecular weight excluding hydrogens is 238 g/mol. The Morgan fingerprint density at radius 3 is 2.50 bits per heavy atom. The van der Waals surface area contributed by atoms with Crippen LogP contribution in [0.3, 0.4) is 0 Å². The average Bonchev–Trinajstić information content (AvgIpc) is 3.18. The maximum Gasteiger partial charge on any atom is 0.164 e. The fourth-order valence-corrected chi connectivity index (χ4v) is 2.29. The van der Waals surface area contributed by atoms with Crippen molar-refractivity contribution in [2.45, 2.75) is 31.9 Å². The number of hydrazine groups is 1. The summed E-state index contributed by atoms with van der Waals surface area (Å²) in [6.07, 6.45) is 1.84. The summed E-state index contributed by atoms with van der Waals surface area (Å²) in [5, 5.41) is 0. The van der Waals surface area contributed by atoms with Crippen LogP contribution in [0, 0.1) is 24.5 Å². The van der Waals surface area contributed by atoms with Gasteiger partial charge in [-0.05, 0) is 31.2 Å². The molecule has 1 saturated carbocycles. The molecule has 0 aliphatic heterocycles. The highest BCUT2D eigenvalue weighted by Gasteiger charge is 2.38. The van der Waals surface area contributed by atoms with E-state index in [1.807, 2.05) is 0 Å². The Hall–Kier alpha value is -1.04. The molecular formula is C13H18F2N2O. The van der Waals surface area contributed by atoms with Gasteiger partial charge in [0.1, 0.15) is 0 Å². The molecule has 5 heteroatoms. The van der Waals surface area contributed by atoms with Gasteiger partial charge in [0.25, 0.3) is 0 Å². The molecule has 0 amide bonds. The van der Waals surface area contributed by atoms with Gasteiger partial charge in [0, 0.05) is 12.7 Å². The summed E-state index contributed by atoms with van der Waals surface area (Å²) in [5.74, 6) is 4.18. The fourth-order valence-electron chi connectivity index (χ4n) is 2.29. The van der Waals surface area contributed by atoms with E-state index in [1.54, 1.807) is 19.2 Å². The predicted octanol–water partition coefficient (Wildman–Crippen LogP) is 2.20. The van der Waals surface area contributed by atoms with Gasteiger partial charge in [-0.25, -0.2) is 8.78 Å². The number of nitrogens with one attached hydrogen (secondary N) is 1. The van der Waals surface area contributed by atoms with Gasteiger partial charge in [0.15, 0.2) is 11.6 Å². The lowest BCUT2D eigenvalue weighted by Crippen LogP contribution is -2.39. The Morgan fingerprint density at radius 2 is 2.00 bits per heavy atom. The lowest BCUT2D eigenvalue weighted by molar-refractivity contribution is 0.0494. The third-order valence-corrected chi connectivity index (χ3v) is 3.51. The molecule has 100 valence electrons. The number of ether oxygens (including phenoxy) is 1. The topological polar surface area (TPSA) is 47.3 Å². The molecule has 0 radical (unpaired) electrons. The van der Waals surface area contributed by atoms with Crippen LogP contribution in [0.1, 0.15) is 30.0 Å². The van der Waals surface area contributed by atoms with Crippen LogP contribution in [-0.4, -0.2) is 13.2 Å². The fraction of sp³-hybridized carbons (Fsp3) is 0.538. The zero-order valence-corrected chi connectivity index (χ0v) is 10.5. The number of rotatable bonds is 5. The summed E-state index contributed by atoms with van der Waals surface area (Å²) in [7, 11) is 1.57. The van der Waals surface area contributed by atoms with Crippen molar-refractivity contribution >= 4 is 0 Å². The first-order valence-electron chi connectivity index (χ1n) is 6.03.